The van der Waals surface area contributed by atoms with E-state index in [1.807, 2.05) is 45.0 Å². The third kappa shape index (κ3) is 3.22. The van der Waals surface area contributed by atoms with Gasteiger partial charge in [-0.2, -0.15) is 5.10 Å². The number of fused-ring (bicyclic) bond motifs is 2. The van der Waals surface area contributed by atoms with Crippen molar-refractivity contribution in [1.82, 2.24) is 20.4 Å². The molecule has 4 aromatic rings. The number of aromatic amines is 2. The molecule has 0 radical (unpaired) electrons. The van der Waals surface area contributed by atoms with Crippen molar-refractivity contribution in [2.24, 2.45) is 5.10 Å². The Hall–Kier alpha value is -3.26. The number of nitrogens with zero attached hydrogens (tertiary/aromatic N) is 2. The van der Waals surface area contributed by atoms with E-state index in [0.717, 1.165) is 32.6 Å². The van der Waals surface area contributed by atoms with Crippen LogP contribution in [0.15, 0.2) is 34.2 Å². The molecule has 3 N–H and O–H groups in total. The van der Waals surface area contributed by atoms with Crippen LogP contribution in [0.5, 0.6) is 0 Å². The van der Waals surface area contributed by atoms with E-state index in [-0.39, 0.29) is 17.9 Å². The Kier molecular flexibility index (Phi) is 4.56. The molecule has 28 heavy (non-hydrogen) atoms. The molecule has 0 atom stereocenters. The number of hydrogen-bond acceptors (Lipinski definition) is 5. The standard InChI is InChI=1S/C20H19N5O2S/c1-10-12(3)28-20-18(10)19(27)23-16(24-20)8-17(26)25-21-9-14-11(2)22-15-7-5-4-6-13(14)15/h4-7,9,22H,8H2,1-3H3,(H,25,26)(H,23,24,27). The lowest BCUT2D eigenvalue weighted by molar-refractivity contribution is -0.120. The van der Waals surface area contributed by atoms with E-state index >= 15 is 0 Å². The Labute approximate surface area is 164 Å². The Morgan fingerprint density at radius 1 is 1.25 bits per heavy atom. The normalized spacial score (nSPS) is 11.7. The molecule has 1 amide bonds. The van der Waals surface area contributed by atoms with Gasteiger partial charge < -0.3 is 9.97 Å². The van der Waals surface area contributed by atoms with Gasteiger partial charge in [0.1, 0.15) is 10.7 Å². The molecule has 0 aliphatic heterocycles. The molecule has 142 valence electrons. The topological polar surface area (TPSA) is 103 Å². The maximum absolute atomic E-state index is 12.3. The van der Waals surface area contributed by atoms with Gasteiger partial charge >= 0.3 is 0 Å². The predicted octanol–water partition coefficient (Wildman–Crippen LogP) is 3.08. The minimum absolute atomic E-state index is 0.0502. The zero-order valence-electron chi connectivity index (χ0n) is 15.7. The number of thiophene rings is 1. The summed E-state index contributed by atoms with van der Waals surface area (Å²) in [6.07, 6.45) is 1.57. The Balaban J connectivity index is 1.50. The number of hydrogen-bond donors (Lipinski definition) is 3. The molecule has 1 aromatic carbocycles. The molecule has 0 bridgehead atoms. The van der Waals surface area contributed by atoms with Crippen LogP contribution >= 0.6 is 11.3 Å². The molecule has 0 spiro atoms. The smallest absolute Gasteiger partial charge is 0.259 e. The molecular formula is C20H19N5O2S. The van der Waals surface area contributed by atoms with Crippen LogP contribution in [0, 0.1) is 20.8 Å². The second-order valence-electron chi connectivity index (χ2n) is 6.66. The van der Waals surface area contributed by atoms with Gasteiger partial charge in [0.25, 0.3) is 5.56 Å². The average molecular weight is 393 g/mol. The first-order valence-electron chi connectivity index (χ1n) is 8.82. The van der Waals surface area contributed by atoms with Gasteiger partial charge in [0.05, 0.1) is 18.0 Å². The summed E-state index contributed by atoms with van der Waals surface area (Å²) < 4.78 is 0. The van der Waals surface area contributed by atoms with Gasteiger partial charge in [-0.1, -0.05) is 18.2 Å². The molecule has 0 aliphatic rings. The molecule has 0 aliphatic carbocycles. The van der Waals surface area contributed by atoms with E-state index in [9.17, 15) is 9.59 Å². The van der Waals surface area contributed by atoms with Gasteiger partial charge in [0, 0.05) is 27.0 Å². The SMILES string of the molecule is Cc1[nH]c2ccccc2c1C=NNC(=O)Cc1nc2sc(C)c(C)c2c(=O)[nH]1. The lowest BCUT2D eigenvalue weighted by Crippen LogP contribution is -2.23. The van der Waals surface area contributed by atoms with E-state index in [1.165, 1.54) is 11.3 Å². The van der Waals surface area contributed by atoms with Gasteiger partial charge in [-0.05, 0) is 32.4 Å². The highest BCUT2D eigenvalue weighted by molar-refractivity contribution is 7.18. The summed E-state index contributed by atoms with van der Waals surface area (Å²) in [5, 5.41) is 5.70. The maximum atomic E-state index is 12.3. The number of rotatable bonds is 4. The van der Waals surface area contributed by atoms with E-state index in [2.05, 4.69) is 25.5 Å². The highest BCUT2D eigenvalue weighted by atomic mass is 32.1. The maximum Gasteiger partial charge on any atom is 0.259 e. The van der Waals surface area contributed by atoms with Gasteiger partial charge in [-0.15, -0.1) is 11.3 Å². The number of nitrogens with one attached hydrogen (secondary N) is 3. The van der Waals surface area contributed by atoms with E-state index < -0.39 is 0 Å². The minimum atomic E-state index is -0.346. The Morgan fingerprint density at radius 2 is 2.04 bits per heavy atom. The fraction of sp³-hybridized carbons (Fsp3) is 0.200. The summed E-state index contributed by atoms with van der Waals surface area (Å²) in [6.45, 7) is 5.81. The van der Waals surface area contributed by atoms with Crippen molar-refractivity contribution in [3.05, 3.63) is 62.1 Å². The molecule has 3 aromatic heterocycles. The molecule has 7 nitrogen and oxygen atoms in total. The summed E-state index contributed by atoms with van der Waals surface area (Å²) in [4.78, 5) is 36.6. The van der Waals surface area contributed by atoms with Crippen molar-refractivity contribution in [2.45, 2.75) is 27.2 Å². The number of para-hydroxylation sites is 1. The van der Waals surface area contributed by atoms with Crippen LogP contribution in [0.25, 0.3) is 21.1 Å². The van der Waals surface area contributed by atoms with Gasteiger partial charge in [-0.25, -0.2) is 10.4 Å². The van der Waals surface area contributed by atoms with Crippen LogP contribution in [-0.4, -0.2) is 27.1 Å². The zero-order valence-corrected chi connectivity index (χ0v) is 16.5. The molecule has 8 heteroatoms. The highest BCUT2D eigenvalue weighted by Gasteiger charge is 2.13. The predicted molar refractivity (Wildman–Crippen MR) is 112 cm³/mol. The monoisotopic (exact) mass is 393 g/mol. The lowest BCUT2D eigenvalue weighted by Gasteiger charge is -2.01. The second-order valence-corrected chi connectivity index (χ2v) is 7.86. The molecular weight excluding hydrogens is 374 g/mol. The number of benzene rings is 1. The van der Waals surface area contributed by atoms with Crippen molar-refractivity contribution in [3.8, 4) is 0 Å². The van der Waals surface area contributed by atoms with E-state index in [0.29, 0.717) is 16.0 Å². The van der Waals surface area contributed by atoms with Crippen molar-refractivity contribution in [3.63, 3.8) is 0 Å². The minimum Gasteiger partial charge on any atom is -0.358 e. The molecule has 3 heterocycles. The largest absolute Gasteiger partial charge is 0.358 e. The van der Waals surface area contributed by atoms with Crippen LogP contribution in [0.4, 0.5) is 0 Å². The van der Waals surface area contributed by atoms with Crippen molar-refractivity contribution >= 4 is 44.6 Å². The van der Waals surface area contributed by atoms with Crippen molar-refractivity contribution < 1.29 is 4.79 Å². The number of hydrazone groups is 1. The lowest BCUT2D eigenvalue weighted by atomic mass is 10.1. The average Bonchev–Trinajstić information content (AvgIpc) is 3.11. The fourth-order valence-electron chi connectivity index (χ4n) is 3.21. The fourth-order valence-corrected chi connectivity index (χ4v) is 4.26. The molecule has 0 saturated heterocycles. The summed E-state index contributed by atoms with van der Waals surface area (Å²) in [5.41, 5.74) is 6.14. The van der Waals surface area contributed by atoms with Crippen molar-refractivity contribution in [1.29, 1.82) is 0 Å². The van der Waals surface area contributed by atoms with Crippen molar-refractivity contribution in [2.75, 3.05) is 0 Å². The van der Waals surface area contributed by atoms with Crippen LogP contribution in [0.3, 0.4) is 0 Å². The second kappa shape index (κ2) is 7.05. The highest BCUT2D eigenvalue weighted by Crippen LogP contribution is 2.25. The quantitative estimate of drug-likeness (QED) is 0.367. The van der Waals surface area contributed by atoms with E-state index in [1.54, 1.807) is 6.21 Å². The molecule has 0 saturated carbocycles. The van der Waals surface area contributed by atoms with Gasteiger partial charge in [0.2, 0.25) is 5.91 Å². The third-order valence-electron chi connectivity index (χ3n) is 4.74. The summed E-state index contributed by atoms with van der Waals surface area (Å²) in [7, 11) is 0. The first-order valence-corrected chi connectivity index (χ1v) is 9.64. The number of carbonyl (C=O) groups is 1. The third-order valence-corrected chi connectivity index (χ3v) is 5.84. The van der Waals surface area contributed by atoms with Crippen LogP contribution < -0.4 is 11.0 Å². The number of aromatic nitrogens is 3. The summed E-state index contributed by atoms with van der Waals surface area (Å²) in [5.74, 6) is -0.0176. The Morgan fingerprint density at radius 3 is 2.86 bits per heavy atom. The molecule has 4 rings (SSSR count). The summed E-state index contributed by atoms with van der Waals surface area (Å²) >= 11 is 1.46. The van der Waals surface area contributed by atoms with Crippen LogP contribution in [-0.2, 0) is 11.2 Å². The van der Waals surface area contributed by atoms with Gasteiger partial charge in [-0.3, -0.25) is 9.59 Å². The van der Waals surface area contributed by atoms with Gasteiger partial charge in [0.15, 0.2) is 0 Å². The molecule has 0 unspecified atom stereocenters. The first-order chi connectivity index (χ1) is 13.4. The number of aryl methyl sites for hydroxylation is 3. The summed E-state index contributed by atoms with van der Waals surface area (Å²) in [6, 6.07) is 7.90. The van der Waals surface area contributed by atoms with Crippen LogP contribution in [0.2, 0.25) is 0 Å². The zero-order chi connectivity index (χ0) is 19.8. The number of amides is 1. The van der Waals surface area contributed by atoms with E-state index in [4.69, 9.17) is 0 Å². The first kappa shape index (κ1) is 18.1. The number of H-pyrrole nitrogens is 2. The van der Waals surface area contributed by atoms with Crippen LogP contribution in [0.1, 0.15) is 27.5 Å². The Bertz CT molecular complexity index is 1300. The molecule has 0 fully saturated rings. The number of carbonyl (C=O) groups excluding carboxylic acids is 1.